The topological polar surface area (TPSA) is 150 Å². The van der Waals surface area contributed by atoms with E-state index in [1.807, 2.05) is 0 Å². The van der Waals surface area contributed by atoms with Gasteiger partial charge in [-0.15, -0.1) is 0 Å². The molecule has 9 nitrogen and oxygen atoms in total. The normalized spacial score (nSPS) is 17.5. The van der Waals surface area contributed by atoms with Crippen molar-refractivity contribution in [3.63, 3.8) is 0 Å². The number of nitrogens with zero attached hydrogens (tertiary/aromatic N) is 1. The lowest BCUT2D eigenvalue weighted by molar-refractivity contribution is -0.385. The van der Waals surface area contributed by atoms with Gasteiger partial charge in [0.2, 0.25) is 0 Å². The van der Waals surface area contributed by atoms with E-state index in [4.69, 9.17) is 0 Å². The number of allylic oxidation sites excluding steroid dienone is 1. The molecule has 0 radical (unpaired) electrons. The Hall–Kier alpha value is -3.20. The molecule has 1 unspecified atom stereocenters. The van der Waals surface area contributed by atoms with Gasteiger partial charge in [0.1, 0.15) is 0 Å². The molecule has 0 aromatic heterocycles. The lowest BCUT2D eigenvalue weighted by Crippen LogP contribution is -2.33. The second-order valence-corrected chi connectivity index (χ2v) is 5.07. The number of benzene rings is 1. The van der Waals surface area contributed by atoms with E-state index < -0.39 is 40.6 Å². The molecule has 2 rings (SSSR count). The number of carboxylic acid groups (broad SMARTS) is 2. The van der Waals surface area contributed by atoms with Gasteiger partial charge in [0.25, 0.3) is 5.69 Å². The molecule has 24 heavy (non-hydrogen) atoms. The summed E-state index contributed by atoms with van der Waals surface area (Å²) in [7, 11) is 0. The summed E-state index contributed by atoms with van der Waals surface area (Å²) in [6, 6.07) is 5.33. The second kappa shape index (κ2) is 6.50. The predicted molar refractivity (Wildman–Crippen MR) is 81.1 cm³/mol. The largest absolute Gasteiger partial charge is 0.478 e. The summed E-state index contributed by atoms with van der Waals surface area (Å²) >= 11 is 0. The monoisotopic (exact) mass is 334 g/mol. The number of nitro groups is 1. The summed E-state index contributed by atoms with van der Waals surface area (Å²) in [6.45, 7) is 0.725. The van der Waals surface area contributed by atoms with E-state index in [9.17, 15) is 35.0 Å². The first-order valence-corrected chi connectivity index (χ1v) is 6.81. The molecule has 9 heteroatoms. The van der Waals surface area contributed by atoms with Crippen molar-refractivity contribution in [1.29, 1.82) is 0 Å². The van der Waals surface area contributed by atoms with Gasteiger partial charge in [0, 0.05) is 17.3 Å². The van der Waals surface area contributed by atoms with Crippen molar-refractivity contribution >= 4 is 17.6 Å². The Kier molecular flexibility index (Phi) is 4.65. The second-order valence-electron chi connectivity index (χ2n) is 5.07. The van der Waals surface area contributed by atoms with Gasteiger partial charge in [-0.3, -0.25) is 10.1 Å². The molecular formula is C15H14N2O7. The highest BCUT2D eigenvalue weighted by Crippen LogP contribution is 2.41. The summed E-state index contributed by atoms with van der Waals surface area (Å²) in [4.78, 5) is 33.9. The van der Waals surface area contributed by atoms with Crippen LogP contribution in [0.25, 0.3) is 0 Å². The van der Waals surface area contributed by atoms with Crippen molar-refractivity contribution in [2.24, 2.45) is 0 Å². The van der Waals surface area contributed by atoms with Crippen LogP contribution in [0.15, 0.2) is 46.8 Å². The van der Waals surface area contributed by atoms with Gasteiger partial charge in [-0.1, -0.05) is 18.2 Å². The fourth-order valence-corrected chi connectivity index (χ4v) is 2.77. The zero-order valence-electron chi connectivity index (χ0n) is 12.5. The minimum Gasteiger partial charge on any atom is -0.478 e. The average molecular weight is 334 g/mol. The van der Waals surface area contributed by atoms with Crippen molar-refractivity contribution in [2.45, 2.75) is 12.8 Å². The molecular weight excluding hydrogens is 320 g/mol. The fourth-order valence-electron chi connectivity index (χ4n) is 2.77. The molecule has 0 saturated carbocycles. The maximum atomic E-state index is 11.7. The van der Waals surface area contributed by atoms with Gasteiger partial charge in [-0.2, -0.15) is 0 Å². The Morgan fingerprint density at radius 1 is 1.21 bits per heavy atom. The van der Waals surface area contributed by atoms with Gasteiger partial charge in [-0.05, 0) is 6.92 Å². The number of nitrogens with one attached hydrogen (secondary N) is 1. The van der Waals surface area contributed by atoms with Gasteiger partial charge >= 0.3 is 11.9 Å². The molecule has 1 aliphatic rings. The lowest BCUT2D eigenvalue weighted by atomic mass is 9.79. The number of aliphatic carboxylic acids is 2. The van der Waals surface area contributed by atoms with E-state index in [0.29, 0.717) is 0 Å². The molecule has 0 bridgehead atoms. The van der Waals surface area contributed by atoms with Crippen LogP contribution in [0, 0.1) is 10.1 Å². The maximum Gasteiger partial charge on any atom is 0.334 e. The number of aliphatic hydroxyl groups is 1. The van der Waals surface area contributed by atoms with Gasteiger partial charge in [-0.25, -0.2) is 9.59 Å². The van der Waals surface area contributed by atoms with Gasteiger partial charge in [0.05, 0.1) is 34.3 Å². The Morgan fingerprint density at radius 3 is 2.29 bits per heavy atom. The fraction of sp³-hybridized carbons (Fsp3) is 0.200. The third kappa shape index (κ3) is 2.84. The highest BCUT2D eigenvalue weighted by atomic mass is 16.6. The number of carboxylic acids is 2. The summed E-state index contributed by atoms with van der Waals surface area (Å²) in [5.41, 5.74) is -1.21. The lowest BCUT2D eigenvalue weighted by Gasteiger charge is -2.29. The van der Waals surface area contributed by atoms with Crippen LogP contribution in [0.1, 0.15) is 18.4 Å². The van der Waals surface area contributed by atoms with Crippen LogP contribution >= 0.6 is 0 Å². The van der Waals surface area contributed by atoms with Gasteiger partial charge in [0.15, 0.2) is 0 Å². The number of aliphatic hydroxyl groups excluding tert-OH is 1. The van der Waals surface area contributed by atoms with Crippen LogP contribution in [0.3, 0.4) is 0 Å². The number of carbonyl (C=O) groups is 2. The molecule has 1 heterocycles. The minimum absolute atomic E-state index is 0.0656. The van der Waals surface area contributed by atoms with Crippen molar-refractivity contribution < 1.29 is 29.8 Å². The first kappa shape index (κ1) is 17.2. The number of para-hydroxylation sites is 1. The Labute approximate surface area is 135 Å². The molecule has 1 atom stereocenters. The van der Waals surface area contributed by atoms with Crippen LogP contribution in [-0.4, -0.2) is 38.8 Å². The van der Waals surface area contributed by atoms with E-state index in [0.717, 1.165) is 0 Å². The van der Waals surface area contributed by atoms with E-state index in [1.54, 1.807) is 0 Å². The number of hydrogen-bond acceptors (Lipinski definition) is 6. The number of nitro benzene ring substituents is 1. The first-order chi connectivity index (χ1) is 11.3. The summed E-state index contributed by atoms with van der Waals surface area (Å²) < 4.78 is 0. The summed E-state index contributed by atoms with van der Waals surface area (Å²) in [5.74, 6) is -4.26. The number of hydrogen-bond donors (Lipinski definition) is 4. The molecule has 0 spiro atoms. The third-order valence-electron chi connectivity index (χ3n) is 3.71. The zero-order chi connectivity index (χ0) is 18.0. The standard InChI is InChI=1S/C15H14N2O7/c1-7-11(14(19)20)12(13(15(21)22)9(6-18)16-7)8-4-2-3-5-10(8)17(23)24/h2-5,12,16,18H,6H2,1H3,(H,19,20)(H,21,22). The van der Waals surface area contributed by atoms with Crippen LogP contribution in [0.5, 0.6) is 0 Å². The number of dihydropyridines is 1. The van der Waals surface area contributed by atoms with E-state index in [2.05, 4.69) is 5.32 Å². The molecule has 1 aromatic carbocycles. The molecule has 1 aliphatic heterocycles. The smallest absolute Gasteiger partial charge is 0.334 e. The van der Waals surface area contributed by atoms with Crippen molar-refractivity contribution in [2.75, 3.05) is 6.61 Å². The molecule has 0 saturated heterocycles. The predicted octanol–water partition coefficient (Wildman–Crippen LogP) is 0.971. The van der Waals surface area contributed by atoms with Crippen molar-refractivity contribution in [1.82, 2.24) is 5.32 Å². The number of rotatable bonds is 5. The van der Waals surface area contributed by atoms with Crippen molar-refractivity contribution in [3.05, 3.63) is 62.5 Å². The zero-order valence-corrected chi connectivity index (χ0v) is 12.5. The van der Waals surface area contributed by atoms with Crippen LogP contribution in [-0.2, 0) is 9.59 Å². The quantitative estimate of drug-likeness (QED) is 0.459. The van der Waals surface area contributed by atoms with E-state index in [1.165, 1.54) is 31.2 Å². The van der Waals surface area contributed by atoms with Gasteiger partial charge < -0.3 is 20.6 Å². The van der Waals surface area contributed by atoms with E-state index >= 15 is 0 Å². The average Bonchev–Trinajstić information content (AvgIpc) is 2.52. The molecule has 4 N–H and O–H groups in total. The highest BCUT2D eigenvalue weighted by molar-refractivity contribution is 5.98. The van der Waals surface area contributed by atoms with E-state index in [-0.39, 0.29) is 22.5 Å². The highest BCUT2D eigenvalue weighted by Gasteiger charge is 2.40. The minimum atomic E-state index is -1.47. The van der Waals surface area contributed by atoms with Crippen LogP contribution in [0.4, 0.5) is 5.69 Å². The Bertz CT molecular complexity index is 795. The molecule has 1 aromatic rings. The molecule has 0 amide bonds. The summed E-state index contributed by atoms with van der Waals surface area (Å²) in [5, 5.41) is 42.2. The Morgan fingerprint density at radius 2 is 1.79 bits per heavy atom. The van der Waals surface area contributed by atoms with Crippen LogP contribution < -0.4 is 5.32 Å². The van der Waals surface area contributed by atoms with Crippen LogP contribution in [0.2, 0.25) is 0 Å². The molecule has 126 valence electrons. The first-order valence-electron chi connectivity index (χ1n) is 6.81. The molecule has 0 fully saturated rings. The SMILES string of the molecule is CC1=C(C(=O)O)C(c2ccccc2[N+](=O)[O-])C(C(=O)O)=C(CO)N1. The molecule has 0 aliphatic carbocycles. The third-order valence-corrected chi connectivity index (χ3v) is 3.71. The summed E-state index contributed by atoms with van der Waals surface area (Å²) in [6.07, 6.45) is 0. The Balaban J connectivity index is 2.83. The van der Waals surface area contributed by atoms with Crippen molar-refractivity contribution in [3.8, 4) is 0 Å². The maximum absolute atomic E-state index is 11.7.